The summed E-state index contributed by atoms with van der Waals surface area (Å²) < 4.78 is 5.22. The van der Waals surface area contributed by atoms with Crippen molar-refractivity contribution in [2.75, 3.05) is 13.2 Å². The van der Waals surface area contributed by atoms with Gasteiger partial charge in [-0.05, 0) is 48.4 Å². The molecule has 0 aromatic heterocycles. The van der Waals surface area contributed by atoms with Gasteiger partial charge in [-0.15, -0.1) is 0 Å². The molecule has 0 aliphatic heterocycles. The Hall–Kier alpha value is -2.95. The molecule has 0 unspecified atom stereocenters. The number of benzene rings is 2. The number of carbonyl (C=O) groups is 3. The van der Waals surface area contributed by atoms with E-state index in [-0.39, 0.29) is 18.3 Å². The molecular weight excluding hydrogens is 378 g/mol. The summed E-state index contributed by atoms with van der Waals surface area (Å²) in [7, 11) is 0. The molecular formula is C25H29NO4. The molecule has 0 atom stereocenters. The van der Waals surface area contributed by atoms with Crippen molar-refractivity contribution in [3.63, 3.8) is 0 Å². The summed E-state index contributed by atoms with van der Waals surface area (Å²) in [4.78, 5) is 35.5. The molecule has 1 N–H and O–H groups in total. The van der Waals surface area contributed by atoms with Gasteiger partial charge < -0.3 is 10.1 Å². The zero-order valence-corrected chi connectivity index (χ0v) is 17.5. The van der Waals surface area contributed by atoms with Gasteiger partial charge in [0.2, 0.25) is 5.91 Å². The number of hydrogen-bond donors (Lipinski definition) is 1. The molecule has 2 aromatic carbocycles. The van der Waals surface area contributed by atoms with E-state index in [4.69, 9.17) is 4.74 Å². The zero-order chi connectivity index (χ0) is 21.3. The topological polar surface area (TPSA) is 72.5 Å². The molecule has 30 heavy (non-hydrogen) atoms. The molecule has 3 rings (SSSR count). The molecule has 5 heteroatoms. The number of esters is 1. The van der Waals surface area contributed by atoms with Gasteiger partial charge in [0.15, 0.2) is 12.4 Å². The number of hydrogen-bond acceptors (Lipinski definition) is 4. The lowest BCUT2D eigenvalue weighted by atomic mass is 9.84. The van der Waals surface area contributed by atoms with E-state index >= 15 is 0 Å². The third-order valence-electron chi connectivity index (χ3n) is 5.62. The minimum absolute atomic E-state index is 0.0627. The molecule has 1 fully saturated rings. The molecule has 0 spiro atoms. The lowest BCUT2D eigenvalue weighted by Crippen LogP contribution is -2.22. The summed E-state index contributed by atoms with van der Waals surface area (Å²) in [6.07, 6.45) is 6.98. The Morgan fingerprint density at radius 1 is 0.900 bits per heavy atom. The molecule has 1 aliphatic rings. The average Bonchev–Trinajstić information content (AvgIpc) is 2.78. The van der Waals surface area contributed by atoms with Crippen LogP contribution >= 0.6 is 0 Å². The van der Waals surface area contributed by atoms with E-state index in [0.717, 1.165) is 5.56 Å². The van der Waals surface area contributed by atoms with Crippen LogP contribution in [-0.2, 0) is 16.0 Å². The summed E-state index contributed by atoms with van der Waals surface area (Å²) in [5, 5.41) is 2.74. The van der Waals surface area contributed by atoms with Crippen LogP contribution in [0.25, 0.3) is 0 Å². The largest absolute Gasteiger partial charge is 0.454 e. The predicted molar refractivity (Wildman–Crippen MR) is 116 cm³/mol. The molecule has 1 saturated carbocycles. The first kappa shape index (κ1) is 21.8. The van der Waals surface area contributed by atoms with E-state index < -0.39 is 5.97 Å². The number of Topliss-reactive ketones (excluding diaryl/α,β-unsaturated/α-hetero) is 1. The number of ketones is 1. The number of amides is 1. The number of nitrogens with one attached hydrogen (secondary N) is 1. The average molecular weight is 408 g/mol. The van der Waals surface area contributed by atoms with Crippen molar-refractivity contribution in [1.29, 1.82) is 0 Å². The highest BCUT2D eigenvalue weighted by atomic mass is 16.5. The van der Waals surface area contributed by atoms with Crippen LogP contribution in [-0.4, -0.2) is 30.8 Å². The normalized spacial score (nSPS) is 14.2. The van der Waals surface area contributed by atoms with Crippen LogP contribution in [0.15, 0.2) is 48.5 Å². The van der Waals surface area contributed by atoms with Gasteiger partial charge in [0, 0.05) is 19.0 Å². The third kappa shape index (κ3) is 6.28. The van der Waals surface area contributed by atoms with E-state index in [1.165, 1.54) is 44.6 Å². The van der Waals surface area contributed by atoms with E-state index in [0.29, 0.717) is 30.0 Å². The van der Waals surface area contributed by atoms with Crippen molar-refractivity contribution in [2.45, 2.75) is 51.4 Å². The predicted octanol–water partition coefficient (Wildman–Crippen LogP) is 4.45. The maximum atomic E-state index is 12.3. The van der Waals surface area contributed by atoms with E-state index in [2.05, 4.69) is 5.32 Å². The van der Waals surface area contributed by atoms with Crippen LogP contribution in [0.5, 0.6) is 0 Å². The van der Waals surface area contributed by atoms with Crippen LogP contribution in [0.2, 0.25) is 0 Å². The second-order valence-electron chi connectivity index (χ2n) is 7.89. The lowest BCUT2D eigenvalue weighted by molar-refractivity contribution is -0.118. The summed E-state index contributed by atoms with van der Waals surface area (Å²) in [5.74, 6) is -0.195. The van der Waals surface area contributed by atoms with Crippen LogP contribution in [0, 0.1) is 0 Å². The molecule has 158 valence electrons. The maximum absolute atomic E-state index is 12.3. The van der Waals surface area contributed by atoms with Gasteiger partial charge in [0.25, 0.3) is 0 Å². The number of carbonyl (C=O) groups excluding carboxylic acids is 3. The summed E-state index contributed by atoms with van der Waals surface area (Å²) in [6, 6.07) is 14.7. The van der Waals surface area contributed by atoms with Crippen molar-refractivity contribution in [3.05, 3.63) is 70.8 Å². The van der Waals surface area contributed by atoms with Crippen LogP contribution in [0.3, 0.4) is 0 Å². The minimum atomic E-state index is -0.481. The fourth-order valence-electron chi connectivity index (χ4n) is 3.87. The monoisotopic (exact) mass is 407 g/mol. The van der Waals surface area contributed by atoms with Crippen LogP contribution in [0.4, 0.5) is 0 Å². The Morgan fingerprint density at radius 3 is 2.17 bits per heavy atom. The molecule has 1 aliphatic carbocycles. The fourth-order valence-corrected chi connectivity index (χ4v) is 3.87. The van der Waals surface area contributed by atoms with Crippen molar-refractivity contribution >= 4 is 17.7 Å². The Labute approximate surface area is 177 Å². The van der Waals surface area contributed by atoms with Gasteiger partial charge in [-0.2, -0.15) is 0 Å². The van der Waals surface area contributed by atoms with E-state index in [9.17, 15) is 14.4 Å². The molecule has 1 amide bonds. The second kappa shape index (κ2) is 10.7. The van der Waals surface area contributed by atoms with Gasteiger partial charge in [0.1, 0.15) is 0 Å². The van der Waals surface area contributed by atoms with Gasteiger partial charge in [-0.3, -0.25) is 9.59 Å². The summed E-state index contributed by atoms with van der Waals surface area (Å²) in [5.41, 5.74) is 3.27. The van der Waals surface area contributed by atoms with Gasteiger partial charge >= 0.3 is 5.97 Å². The Bertz CT molecular complexity index is 865. The van der Waals surface area contributed by atoms with Crippen LogP contribution in [0.1, 0.15) is 76.8 Å². The van der Waals surface area contributed by atoms with E-state index in [1.54, 1.807) is 24.3 Å². The lowest BCUT2D eigenvalue weighted by Gasteiger charge is -2.21. The molecule has 0 saturated heterocycles. The van der Waals surface area contributed by atoms with Crippen LogP contribution < -0.4 is 5.32 Å². The molecule has 0 radical (unpaired) electrons. The molecule has 5 nitrogen and oxygen atoms in total. The van der Waals surface area contributed by atoms with Crippen molar-refractivity contribution in [3.8, 4) is 0 Å². The Kier molecular flexibility index (Phi) is 7.77. The summed E-state index contributed by atoms with van der Waals surface area (Å²) in [6.45, 7) is 1.75. The van der Waals surface area contributed by atoms with Crippen molar-refractivity contribution in [1.82, 2.24) is 5.32 Å². The highest BCUT2D eigenvalue weighted by Crippen LogP contribution is 2.32. The minimum Gasteiger partial charge on any atom is -0.454 e. The SMILES string of the molecule is CC(=O)NCCc1ccc(C(=O)COC(=O)c2ccc(C3CCCCC3)cc2)cc1. The quantitative estimate of drug-likeness (QED) is 0.518. The highest BCUT2D eigenvalue weighted by molar-refractivity contribution is 5.99. The number of rotatable bonds is 8. The van der Waals surface area contributed by atoms with Gasteiger partial charge in [0.05, 0.1) is 5.56 Å². The molecule has 2 aromatic rings. The standard InChI is InChI=1S/C25H29NO4/c1-18(27)26-16-15-19-7-9-22(10-8-19)24(28)17-30-25(29)23-13-11-21(12-14-23)20-5-3-2-4-6-20/h7-14,20H,2-6,15-17H2,1H3,(H,26,27). The zero-order valence-electron chi connectivity index (χ0n) is 17.5. The van der Waals surface area contributed by atoms with Crippen molar-refractivity contribution in [2.24, 2.45) is 0 Å². The van der Waals surface area contributed by atoms with E-state index in [1.807, 2.05) is 24.3 Å². The molecule has 0 heterocycles. The third-order valence-corrected chi connectivity index (χ3v) is 5.62. The van der Waals surface area contributed by atoms with Crippen molar-refractivity contribution < 1.29 is 19.1 Å². The first-order chi connectivity index (χ1) is 14.5. The molecule has 0 bridgehead atoms. The first-order valence-electron chi connectivity index (χ1n) is 10.7. The first-order valence-corrected chi connectivity index (χ1v) is 10.7. The highest BCUT2D eigenvalue weighted by Gasteiger charge is 2.17. The second-order valence-corrected chi connectivity index (χ2v) is 7.89. The fraction of sp³-hybridized carbons (Fsp3) is 0.400. The van der Waals surface area contributed by atoms with Gasteiger partial charge in [-0.1, -0.05) is 55.7 Å². The number of ether oxygens (including phenoxy) is 1. The Morgan fingerprint density at radius 2 is 1.53 bits per heavy atom. The van der Waals surface area contributed by atoms with Gasteiger partial charge in [-0.25, -0.2) is 4.79 Å². The summed E-state index contributed by atoms with van der Waals surface area (Å²) >= 11 is 0. The Balaban J connectivity index is 1.47. The maximum Gasteiger partial charge on any atom is 0.338 e. The smallest absolute Gasteiger partial charge is 0.338 e.